The molecular weight excluding hydrogens is 233 g/mol. The lowest BCUT2D eigenvalue weighted by Gasteiger charge is -2.21. The van der Waals surface area contributed by atoms with Crippen molar-refractivity contribution in [1.82, 2.24) is 0 Å². The Bertz CT molecular complexity index is 237. The van der Waals surface area contributed by atoms with Crippen LogP contribution in [0.2, 0.25) is 0 Å². The molecule has 0 spiro atoms. The first-order valence-electron chi connectivity index (χ1n) is 3.54. The molecule has 0 aliphatic heterocycles. The normalized spacial score (nSPS) is 12.1. The summed E-state index contributed by atoms with van der Waals surface area (Å²) >= 11 is 0. The molecule has 0 aromatic carbocycles. The zero-order valence-electron chi connectivity index (χ0n) is 8.26. The van der Waals surface area contributed by atoms with Crippen LogP contribution < -0.4 is 0 Å². The van der Waals surface area contributed by atoms with Gasteiger partial charge in [-0.2, -0.15) is 0 Å². The Labute approximate surface area is 85.1 Å². The molecule has 0 aromatic rings. The van der Waals surface area contributed by atoms with Crippen molar-refractivity contribution >= 4 is 19.1 Å². The molecule has 0 rings (SSSR count). The van der Waals surface area contributed by atoms with Crippen LogP contribution >= 0.6 is 8.69 Å². The molecule has 14 heavy (non-hydrogen) atoms. The summed E-state index contributed by atoms with van der Waals surface area (Å²) in [4.78, 5) is 0. The minimum atomic E-state index is -4.92. The molecule has 0 saturated heterocycles. The van der Waals surface area contributed by atoms with Crippen molar-refractivity contribution in [3.63, 3.8) is 0 Å². The highest BCUT2D eigenvalue weighted by Crippen LogP contribution is 1.96. The molecule has 0 fully saturated rings. The Balaban J connectivity index is 0. The van der Waals surface area contributed by atoms with Crippen LogP contribution in [0, 0.1) is 0 Å². The lowest BCUT2D eigenvalue weighted by atomic mass is 10.5. The third-order valence-electron chi connectivity index (χ3n) is 0.923. The maximum Gasteiger partial charge on any atom is 0.494 e. The number of hydrogen-bond acceptors (Lipinski definition) is 5. The van der Waals surface area contributed by atoms with Gasteiger partial charge in [-0.1, -0.05) is 0 Å². The molecule has 7 nitrogen and oxygen atoms in total. The van der Waals surface area contributed by atoms with E-state index < -0.39 is 19.1 Å². The highest BCUT2D eigenvalue weighted by molar-refractivity contribution is 7.79. The Hall–Kier alpha value is -0.110. The Morgan fingerprint density at radius 3 is 2.00 bits per heavy atom. The summed E-state index contributed by atoms with van der Waals surface area (Å²) in [7, 11) is 0.667. The SMILES string of the molecule is C[N+](C)(C)CCO[PH+]=O.O=S(=O)([O-])O. The van der Waals surface area contributed by atoms with Crippen molar-refractivity contribution in [2.75, 3.05) is 34.3 Å². The van der Waals surface area contributed by atoms with E-state index in [1.807, 2.05) is 0 Å². The summed E-state index contributed by atoms with van der Waals surface area (Å²) in [6.07, 6.45) is 0. The van der Waals surface area contributed by atoms with Gasteiger partial charge < -0.3 is 9.04 Å². The highest BCUT2D eigenvalue weighted by atomic mass is 32.3. The van der Waals surface area contributed by atoms with Crippen molar-refractivity contribution in [3.05, 3.63) is 0 Å². The van der Waals surface area contributed by atoms with Crippen LogP contribution in [-0.4, -0.2) is 56.3 Å². The third-order valence-corrected chi connectivity index (χ3v) is 1.25. The number of quaternary nitrogens is 1. The van der Waals surface area contributed by atoms with E-state index in [4.69, 9.17) is 17.5 Å². The molecule has 0 saturated carbocycles. The molecule has 0 bridgehead atoms. The van der Waals surface area contributed by atoms with Gasteiger partial charge in [0.05, 0.1) is 21.1 Å². The molecule has 0 aliphatic rings. The number of rotatable bonds is 4. The lowest BCUT2D eigenvalue weighted by Crippen LogP contribution is -2.37. The van der Waals surface area contributed by atoms with Gasteiger partial charge in [-0.15, -0.1) is 4.52 Å². The second-order valence-electron chi connectivity index (χ2n) is 3.37. The Morgan fingerprint density at radius 2 is 1.79 bits per heavy atom. The summed E-state index contributed by atoms with van der Waals surface area (Å²) in [5.41, 5.74) is 0. The first kappa shape index (κ1) is 16.3. The fourth-order valence-electron chi connectivity index (χ4n) is 0.361. The van der Waals surface area contributed by atoms with E-state index >= 15 is 0 Å². The summed E-state index contributed by atoms with van der Waals surface area (Å²) in [5.74, 6) is 0. The van der Waals surface area contributed by atoms with E-state index in [1.165, 1.54) is 0 Å². The molecule has 1 N–H and O–H groups in total. The maximum atomic E-state index is 9.81. The molecule has 1 unspecified atom stereocenters. The van der Waals surface area contributed by atoms with E-state index in [1.54, 1.807) is 0 Å². The quantitative estimate of drug-likeness (QED) is 0.240. The molecule has 9 heteroatoms. The van der Waals surface area contributed by atoms with E-state index in [-0.39, 0.29) is 0 Å². The van der Waals surface area contributed by atoms with E-state index in [0.29, 0.717) is 6.61 Å². The van der Waals surface area contributed by atoms with Crippen LogP contribution in [0.5, 0.6) is 0 Å². The summed E-state index contributed by atoms with van der Waals surface area (Å²) < 4.78 is 48.2. The van der Waals surface area contributed by atoms with E-state index in [0.717, 1.165) is 11.0 Å². The molecule has 86 valence electrons. The van der Waals surface area contributed by atoms with E-state index in [2.05, 4.69) is 25.7 Å². The van der Waals surface area contributed by atoms with Gasteiger partial charge in [0.25, 0.3) is 0 Å². The second kappa shape index (κ2) is 7.22. The zero-order chi connectivity index (χ0) is 11.8. The minimum Gasteiger partial charge on any atom is -0.726 e. The summed E-state index contributed by atoms with van der Waals surface area (Å²) in [6.45, 7) is 1.47. The van der Waals surface area contributed by atoms with Gasteiger partial charge in [0.15, 0.2) is 6.61 Å². The first-order chi connectivity index (χ1) is 6.06. The average Bonchev–Trinajstić information content (AvgIpc) is 1.80. The molecular formula is C5H15NO6PS+. The van der Waals surface area contributed by atoms with Gasteiger partial charge in [-0.3, -0.25) is 4.55 Å². The topological polar surface area (TPSA) is 104 Å². The fourth-order valence-corrected chi connectivity index (χ4v) is 0.536. The maximum absolute atomic E-state index is 9.81. The van der Waals surface area contributed by atoms with Crippen molar-refractivity contribution in [2.24, 2.45) is 0 Å². The number of nitrogens with zero attached hydrogens (tertiary/aromatic N) is 1. The van der Waals surface area contributed by atoms with Crippen molar-refractivity contribution < 1.29 is 31.1 Å². The predicted octanol–water partition coefficient (Wildman–Crippen LogP) is -0.347. The van der Waals surface area contributed by atoms with Crippen LogP contribution in [0.25, 0.3) is 0 Å². The van der Waals surface area contributed by atoms with Crippen molar-refractivity contribution in [2.45, 2.75) is 0 Å². The van der Waals surface area contributed by atoms with Gasteiger partial charge in [-0.05, 0) is 4.57 Å². The highest BCUT2D eigenvalue weighted by Gasteiger charge is 2.06. The van der Waals surface area contributed by atoms with Gasteiger partial charge in [0.1, 0.15) is 6.54 Å². The molecule has 0 aromatic heterocycles. The van der Waals surface area contributed by atoms with Gasteiger partial charge >= 0.3 is 8.69 Å². The van der Waals surface area contributed by atoms with Gasteiger partial charge in [0, 0.05) is 0 Å². The van der Waals surface area contributed by atoms with E-state index in [9.17, 15) is 4.57 Å². The average molecular weight is 248 g/mol. The van der Waals surface area contributed by atoms with Crippen LogP contribution in [-0.2, 0) is 19.5 Å². The summed E-state index contributed by atoms with van der Waals surface area (Å²) in [6, 6.07) is 0. The number of likely N-dealkylation sites (N-methyl/N-ethyl adjacent to an activating group) is 1. The van der Waals surface area contributed by atoms with Crippen LogP contribution in [0.15, 0.2) is 0 Å². The minimum absolute atomic E-state index is 0.575. The summed E-state index contributed by atoms with van der Waals surface area (Å²) in [5, 5.41) is 0. The molecule has 1 atom stereocenters. The molecule has 0 aliphatic carbocycles. The monoisotopic (exact) mass is 248 g/mol. The molecule has 0 radical (unpaired) electrons. The molecule has 0 heterocycles. The zero-order valence-corrected chi connectivity index (χ0v) is 10.1. The van der Waals surface area contributed by atoms with Gasteiger partial charge in [0.2, 0.25) is 10.4 Å². The van der Waals surface area contributed by atoms with Crippen LogP contribution in [0.4, 0.5) is 0 Å². The lowest BCUT2D eigenvalue weighted by molar-refractivity contribution is -0.870. The van der Waals surface area contributed by atoms with Crippen LogP contribution in [0.1, 0.15) is 0 Å². The number of hydrogen-bond donors (Lipinski definition) is 1. The van der Waals surface area contributed by atoms with Gasteiger partial charge in [-0.25, -0.2) is 8.42 Å². The smallest absolute Gasteiger partial charge is 0.494 e. The largest absolute Gasteiger partial charge is 0.726 e. The Morgan fingerprint density at radius 1 is 1.43 bits per heavy atom. The third kappa shape index (κ3) is 40.6. The van der Waals surface area contributed by atoms with Crippen LogP contribution in [0.3, 0.4) is 0 Å². The predicted molar refractivity (Wildman–Crippen MR) is 50.2 cm³/mol. The van der Waals surface area contributed by atoms with Crippen molar-refractivity contribution in [3.8, 4) is 0 Å². The standard InChI is InChI=1S/C5H14NO2P.H2O4S/c1-6(2,3)4-5-8-9-7;1-5(2,3)4/h9H,4-5H2,1-3H3;(H2,1,2,3,4)/q+2;/p-1. The van der Waals surface area contributed by atoms with Crippen molar-refractivity contribution in [1.29, 1.82) is 0 Å². The first-order valence-corrected chi connectivity index (χ1v) is 5.72. The fraction of sp³-hybridized carbons (Fsp3) is 1.00. The Kier molecular flexibility index (Phi) is 8.42. The second-order valence-corrected chi connectivity index (χ2v) is 4.68. The molecule has 0 amide bonds.